The molecule has 5 nitrogen and oxygen atoms in total. The third-order valence-corrected chi connectivity index (χ3v) is 2.23. The van der Waals surface area contributed by atoms with Gasteiger partial charge < -0.3 is 14.9 Å². The summed E-state index contributed by atoms with van der Waals surface area (Å²) in [6, 6.07) is 0. The van der Waals surface area contributed by atoms with Gasteiger partial charge >= 0.3 is 11.9 Å². The summed E-state index contributed by atoms with van der Waals surface area (Å²) in [4.78, 5) is 22.3. The number of esters is 1. The fourth-order valence-electron chi connectivity index (χ4n) is 1.58. The van der Waals surface area contributed by atoms with Crippen molar-refractivity contribution in [1.82, 2.24) is 0 Å². The zero-order valence-electron chi connectivity index (χ0n) is 9.48. The first-order chi connectivity index (χ1) is 6.75. The molecule has 0 fully saturated rings. The zero-order valence-corrected chi connectivity index (χ0v) is 9.48. The van der Waals surface area contributed by atoms with E-state index in [9.17, 15) is 14.7 Å². The van der Waals surface area contributed by atoms with Crippen LogP contribution >= 0.6 is 0 Å². The summed E-state index contributed by atoms with van der Waals surface area (Å²) >= 11 is 0. The number of ether oxygens (including phenoxy) is 1. The van der Waals surface area contributed by atoms with Gasteiger partial charge in [-0.2, -0.15) is 0 Å². The number of aliphatic carboxylic acids is 1. The Morgan fingerprint density at radius 2 is 1.87 bits per heavy atom. The molecule has 2 atom stereocenters. The Bertz CT molecular complexity index is 244. The Balaban J connectivity index is 4.94. The molecule has 0 unspecified atom stereocenters. The van der Waals surface area contributed by atoms with E-state index in [-0.39, 0.29) is 12.5 Å². The van der Waals surface area contributed by atoms with E-state index in [1.54, 1.807) is 20.8 Å². The van der Waals surface area contributed by atoms with E-state index < -0.39 is 23.5 Å². The lowest BCUT2D eigenvalue weighted by molar-refractivity contribution is -0.179. The van der Waals surface area contributed by atoms with Gasteiger partial charge in [0.15, 0.2) is 5.60 Å². The Morgan fingerprint density at radius 1 is 1.40 bits per heavy atom. The lowest BCUT2D eigenvalue weighted by atomic mass is 9.81. The third-order valence-electron chi connectivity index (χ3n) is 2.23. The fourth-order valence-corrected chi connectivity index (χ4v) is 1.58. The summed E-state index contributed by atoms with van der Waals surface area (Å²) in [5, 5.41) is 18.8. The molecule has 0 aliphatic carbocycles. The van der Waals surface area contributed by atoms with E-state index >= 15 is 0 Å². The molecule has 0 rings (SSSR count). The molecule has 0 radical (unpaired) electrons. The van der Waals surface area contributed by atoms with Gasteiger partial charge in [0.05, 0.1) is 12.5 Å². The van der Waals surface area contributed by atoms with Crippen LogP contribution in [-0.4, -0.2) is 34.4 Å². The first kappa shape index (κ1) is 13.9. The molecule has 88 valence electrons. The molecule has 15 heavy (non-hydrogen) atoms. The van der Waals surface area contributed by atoms with Gasteiger partial charge in [0, 0.05) is 0 Å². The first-order valence-electron chi connectivity index (χ1n) is 4.87. The van der Waals surface area contributed by atoms with Crippen LogP contribution < -0.4 is 0 Å². The highest BCUT2D eigenvalue weighted by atomic mass is 16.5. The van der Waals surface area contributed by atoms with Crippen molar-refractivity contribution in [2.24, 2.45) is 11.8 Å². The second kappa shape index (κ2) is 5.11. The van der Waals surface area contributed by atoms with Crippen LogP contribution in [0.15, 0.2) is 0 Å². The van der Waals surface area contributed by atoms with Crippen LogP contribution in [0.5, 0.6) is 0 Å². The molecule has 0 amide bonds. The number of aliphatic hydroxyl groups is 1. The maximum absolute atomic E-state index is 11.4. The smallest absolute Gasteiger partial charge is 0.338 e. The van der Waals surface area contributed by atoms with E-state index in [0.717, 1.165) is 0 Å². The largest absolute Gasteiger partial charge is 0.481 e. The number of rotatable bonds is 5. The van der Waals surface area contributed by atoms with Gasteiger partial charge in [-0.1, -0.05) is 13.8 Å². The van der Waals surface area contributed by atoms with Crippen LogP contribution in [0.2, 0.25) is 0 Å². The lowest BCUT2D eigenvalue weighted by Gasteiger charge is -2.30. The summed E-state index contributed by atoms with van der Waals surface area (Å²) < 4.78 is 4.64. The van der Waals surface area contributed by atoms with E-state index in [0.29, 0.717) is 0 Å². The summed E-state index contributed by atoms with van der Waals surface area (Å²) in [7, 11) is 0. The summed E-state index contributed by atoms with van der Waals surface area (Å²) in [5.41, 5.74) is -1.99. The molecular formula is C10H18O5. The van der Waals surface area contributed by atoms with Crippen LogP contribution in [0, 0.1) is 11.8 Å². The van der Waals surface area contributed by atoms with Crippen molar-refractivity contribution >= 4 is 11.9 Å². The number of carboxylic acid groups (broad SMARTS) is 1. The Labute approximate surface area is 89.0 Å². The SMILES string of the molecule is CCOC(=O)[C@@](C)(O)[C@@H](C(=O)O)C(C)C. The quantitative estimate of drug-likeness (QED) is 0.662. The number of hydrogen-bond acceptors (Lipinski definition) is 4. The van der Waals surface area contributed by atoms with Gasteiger partial charge in [-0.15, -0.1) is 0 Å². The predicted octanol–water partition coefficient (Wildman–Crippen LogP) is 0.657. The normalized spacial score (nSPS) is 16.9. The summed E-state index contributed by atoms with van der Waals surface area (Å²) in [6.45, 7) is 6.14. The third kappa shape index (κ3) is 3.20. The molecule has 0 aliphatic rings. The molecule has 0 aromatic heterocycles. The minimum atomic E-state index is -1.99. The van der Waals surface area contributed by atoms with Crippen molar-refractivity contribution in [3.63, 3.8) is 0 Å². The maximum atomic E-state index is 11.4. The highest BCUT2D eigenvalue weighted by Crippen LogP contribution is 2.26. The molecule has 0 saturated carbocycles. The lowest BCUT2D eigenvalue weighted by Crippen LogP contribution is -2.49. The van der Waals surface area contributed by atoms with Gasteiger partial charge in [-0.05, 0) is 19.8 Å². The standard InChI is InChI=1S/C10H18O5/c1-5-15-9(13)10(4,14)7(6(2)3)8(11)12/h6-7,14H,5H2,1-4H3,(H,11,12)/t7-,10+/m1/s1. The zero-order chi connectivity index (χ0) is 12.2. The molecule has 0 aromatic rings. The molecule has 0 aromatic carbocycles. The van der Waals surface area contributed by atoms with Gasteiger partial charge in [0.25, 0.3) is 0 Å². The second-order valence-corrected chi connectivity index (χ2v) is 3.93. The molecule has 0 heterocycles. The maximum Gasteiger partial charge on any atom is 0.338 e. The highest BCUT2D eigenvalue weighted by Gasteiger charge is 2.46. The number of carboxylic acids is 1. The molecular weight excluding hydrogens is 200 g/mol. The van der Waals surface area contributed by atoms with Crippen LogP contribution in [0.25, 0.3) is 0 Å². The van der Waals surface area contributed by atoms with Crippen LogP contribution in [-0.2, 0) is 14.3 Å². The molecule has 0 bridgehead atoms. The summed E-state index contributed by atoms with van der Waals surface area (Å²) in [6.07, 6.45) is 0. The minimum absolute atomic E-state index is 0.111. The van der Waals surface area contributed by atoms with E-state index in [4.69, 9.17) is 5.11 Å². The van der Waals surface area contributed by atoms with Gasteiger partial charge in [-0.3, -0.25) is 4.79 Å². The van der Waals surface area contributed by atoms with Crippen LogP contribution in [0.4, 0.5) is 0 Å². The fraction of sp³-hybridized carbons (Fsp3) is 0.800. The van der Waals surface area contributed by atoms with E-state index in [1.807, 2.05) is 0 Å². The van der Waals surface area contributed by atoms with Crippen LogP contribution in [0.3, 0.4) is 0 Å². The molecule has 0 saturated heterocycles. The molecule has 2 N–H and O–H groups in total. The Morgan fingerprint density at radius 3 is 2.13 bits per heavy atom. The monoisotopic (exact) mass is 218 g/mol. The minimum Gasteiger partial charge on any atom is -0.481 e. The molecule has 5 heteroatoms. The van der Waals surface area contributed by atoms with Crippen molar-refractivity contribution in [3.8, 4) is 0 Å². The predicted molar refractivity (Wildman–Crippen MR) is 53.2 cm³/mol. The van der Waals surface area contributed by atoms with Crippen molar-refractivity contribution in [2.45, 2.75) is 33.3 Å². The van der Waals surface area contributed by atoms with E-state index in [2.05, 4.69) is 4.74 Å². The van der Waals surface area contributed by atoms with Gasteiger partial charge in [0.1, 0.15) is 0 Å². The topological polar surface area (TPSA) is 83.8 Å². The number of carbonyl (C=O) groups is 2. The molecule has 0 aliphatic heterocycles. The average Bonchev–Trinajstić information content (AvgIpc) is 2.01. The first-order valence-corrected chi connectivity index (χ1v) is 4.87. The highest BCUT2D eigenvalue weighted by molar-refractivity contribution is 5.86. The van der Waals surface area contributed by atoms with Crippen molar-refractivity contribution in [3.05, 3.63) is 0 Å². The van der Waals surface area contributed by atoms with Gasteiger partial charge in [0.2, 0.25) is 0 Å². The summed E-state index contributed by atoms with van der Waals surface area (Å²) in [5.74, 6) is -3.63. The Kier molecular flexibility index (Phi) is 4.74. The van der Waals surface area contributed by atoms with Crippen molar-refractivity contribution < 1.29 is 24.5 Å². The van der Waals surface area contributed by atoms with Crippen molar-refractivity contribution in [2.75, 3.05) is 6.61 Å². The number of hydrogen-bond donors (Lipinski definition) is 2. The Hall–Kier alpha value is -1.10. The van der Waals surface area contributed by atoms with Gasteiger partial charge in [-0.25, -0.2) is 4.79 Å². The van der Waals surface area contributed by atoms with E-state index in [1.165, 1.54) is 6.92 Å². The average molecular weight is 218 g/mol. The number of carbonyl (C=O) groups excluding carboxylic acids is 1. The van der Waals surface area contributed by atoms with Crippen LogP contribution in [0.1, 0.15) is 27.7 Å². The van der Waals surface area contributed by atoms with Crippen molar-refractivity contribution in [1.29, 1.82) is 0 Å². The second-order valence-electron chi connectivity index (χ2n) is 3.93. The molecule has 0 spiro atoms.